The van der Waals surface area contributed by atoms with E-state index in [2.05, 4.69) is 6.58 Å². The molecule has 0 bridgehead atoms. The monoisotopic (exact) mass is 104 g/mol. The first-order valence-electron chi connectivity index (χ1n) is 1.81. The fourth-order valence-corrected chi connectivity index (χ4v) is 0.186. The molecule has 0 unspecified atom stereocenters. The van der Waals surface area contributed by atoms with E-state index in [0.29, 0.717) is 5.57 Å². The number of halogens is 2. The smallest absolute Gasteiger partial charge is 0.173 e. The van der Waals surface area contributed by atoms with Gasteiger partial charge in [-0.15, -0.1) is 0 Å². The van der Waals surface area contributed by atoms with Crippen LogP contribution in [0, 0.1) is 0 Å². The molecule has 0 amide bonds. The highest BCUT2D eigenvalue weighted by atomic mass is 19.3. The van der Waals surface area contributed by atoms with E-state index in [1.54, 1.807) is 0 Å². The van der Waals surface area contributed by atoms with Crippen LogP contribution >= 0.6 is 0 Å². The summed E-state index contributed by atoms with van der Waals surface area (Å²) in [7, 11) is 0. The van der Waals surface area contributed by atoms with E-state index in [0.717, 1.165) is 6.08 Å². The van der Waals surface area contributed by atoms with Gasteiger partial charge in [-0.1, -0.05) is 12.2 Å². The molecule has 0 spiro atoms. The van der Waals surface area contributed by atoms with E-state index in [9.17, 15) is 8.78 Å². The van der Waals surface area contributed by atoms with E-state index in [1.165, 1.54) is 6.92 Å². The molecule has 0 aromatic heterocycles. The molecule has 0 nitrogen and oxygen atoms in total. The summed E-state index contributed by atoms with van der Waals surface area (Å²) >= 11 is 0. The van der Waals surface area contributed by atoms with Crippen molar-refractivity contribution >= 4 is 0 Å². The van der Waals surface area contributed by atoms with Gasteiger partial charge in [-0.05, 0) is 6.92 Å². The molecule has 0 rings (SSSR count). The zero-order chi connectivity index (χ0) is 5.86. The van der Waals surface area contributed by atoms with Gasteiger partial charge >= 0.3 is 0 Å². The molecule has 0 radical (unpaired) electrons. The average molecular weight is 104 g/mol. The predicted molar refractivity (Wildman–Crippen MR) is 25.1 cm³/mol. The Morgan fingerprint density at radius 1 is 1.57 bits per heavy atom. The van der Waals surface area contributed by atoms with Crippen molar-refractivity contribution in [3.8, 4) is 0 Å². The summed E-state index contributed by atoms with van der Waals surface area (Å²) in [5, 5.41) is 0. The molecule has 0 atom stereocenters. The first-order valence-corrected chi connectivity index (χ1v) is 1.81. The van der Waals surface area contributed by atoms with Crippen molar-refractivity contribution in [3.05, 3.63) is 24.3 Å². The minimum absolute atomic E-state index is 0.375. The van der Waals surface area contributed by atoms with E-state index < -0.39 is 6.08 Å². The van der Waals surface area contributed by atoms with Crippen LogP contribution in [0.3, 0.4) is 0 Å². The van der Waals surface area contributed by atoms with Crippen LogP contribution in [0.25, 0.3) is 0 Å². The summed E-state index contributed by atoms with van der Waals surface area (Å²) in [6.07, 6.45) is -0.965. The summed E-state index contributed by atoms with van der Waals surface area (Å²) in [6.45, 7) is 4.75. The van der Waals surface area contributed by atoms with Gasteiger partial charge in [0.2, 0.25) is 0 Å². The molecule has 0 saturated carbocycles. The highest BCUT2D eigenvalue weighted by Crippen LogP contribution is 2.00. The minimum Gasteiger partial charge on any atom is -0.173 e. The van der Waals surface area contributed by atoms with Gasteiger partial charge in [0, 0.05) is 6.08 Å². The molecule has 0 heterocycles. The quantitative estimate of drug-likeness (QED) is 0.448. The van der Waals surface area contributed by atoms with Crippen molar-refractivity contribution in [2.45, 2.75) is 6.92 Å². The molecule has 0 N–H and O–H groups in total. The first-order chi connectivity index (χ1) is 3.13. The lowest BCUT2D eigenvalue weighted by molar-refractivity contribution is 0.421. The van der Waals surface area contributed by atoms with Gasteiger partial charge in [0.15, 0.2) is 0 Å². The number of hydrogen-bond donors (Lipinski definition) is 0. The Bertz CT molecular complexity index is 98.6. The lowest BCUT2D eigenvalue weighted by atomic mass is 10.3. The SMILES string of the molecule is C=C(C)C=C(F)F. The fourth-order valence-electron chi connectivity index (χ4n) is 0.186. The summed E-state index contributed by atoms with van der Waals surface area (Å²) < 4.78 is 22.2. The first kappa shape index (κ1) is 6.34. The number of allylic oxidation sites excluding steroid dienone is 2. The molecule has 0 saturated heterocycles. The molecule has 40 valence electrons. The lowest BCUT2D eigenvalue weighted by Crippen LogP contribution is -1.60. The normalized spacial score (nSPS) is 7.86. The van der Waals surface area contributed by atoms with E-state index in [-0.39, 0.29) is 0 Å². The Hall–Kier alpha value is -0.660. The number of rotatable bonds is 1. The molecule has 0 fully saturated rings. The van der Waals surface area contributed by atoms with Crippen LogP contribution in [-0.2, 0) is 0 Å². The van der Waals surface area contributed by atoms with Crippen LogP contribution in [0.15, 0.2) is 24.3 Å². The van der Waals surface area contributed by atoms with Crippen LogP contribution in [-0.4, -0.2) is 0 Å². The lowest BCUT2D eigenvalue weighted by Gasteiger charge is -1.78. The van der Waals surface area contributed by atoms with Gasteiger partial charge in [-0.2, -0.15) is 8.78 Å². The third-order valence-corrected chi connectivity index (χ3v) is 0.356. The van der Waals surface area contributed by atoms with Crippen molar-refractivity contribution in [2.24, 2.45) is 0 Å². The van der Waals surface area contributed by atoms with E-state index in [1.807, 2.05) is 0 Å². The standard InChI is InChI=1S/C5H6F2/c1-4(2)3-5(6)7/h3H,1H2,2H3. The second-order valence-corrected chi connectivity index (χ2v) is 1.28. The molecule has 0 aliphatic heterocycles. The maximum atomic E-state index is 11.1. The Morgan fingerprint density at radius 2 is 2.00 bits per heavy atom. The number of hydrogen-bond acceptors (Lipinski definition) is 0. The largest absolute Gasteiger partial charge is 0.270 e. The molecule has 0 aromatic carbocycles. The summed E-state index contributed by atoms with van der Waals surface area (Å²) in [6, 6.07) is 0. The average Bonchev–Trinajstić information content (AvgIpc) is 1.27. The summed E-state index contributed by atoms with van der Waals surface area (Å²) in [5.41, 5.74) is 0.375. The van der Waals surface area contributed by atoms with Crippen LogP contribution in [0.1, 0.15) is 6.92 Å². The van der Waals surface area contributed by atoms with E-state index >= 15 is 0 Å². The van der Waals surface area contributed by atoms with Crippen LogP contribution in [0.4, 0.5) is 8.78 Å². The molecule has 0 aliphatic carbocycles. The molecular weight excluding hydrogens is 98.1 g/mol. The molecule has 0 aromatic rings. The van der Waals surface area contributed by atoms with Crippen LogP contribution in [0.2, 0.25) is 0 Å². The Labute approximate surface area is 41.2 Å². The fraction of sp³-hybridized carbons (Fsp3) is 0.200. The predicted octanol–water partition coefficient (Wildman–Crippen LogP) is 2.34. The summed E-state index contributed by atoms with van der Waals surface area (Å²) in [4.78, 5) is 0. The van der Waals surface area contributed by atoms with Crippen molar-refractivity contribution in [3.63, 3.8) is 0 Å². The highest BCUT2D eigenvalue weighted by Gasteiger charge is 1.83. The van der Waals surface area contributed by atoms with Gasteiger partial charge in [0.05, 0.1) is 0 Å². The second kappa shape index (κ2) is 2.50. The molecule has 0 aliphatic rings. The molecule has 2 heteroatoms. The Morgan fingerprint density at radius 3 is 2.00 bits per heavy atom. The van der Waals surface area contributed by atoms with Crippen LogP contribution in [0.5, 0.6) is 0 Å². The van der Waals surface area contributed by atoms with E-state index in [4.69, 9.17) is 0 Å². The second-order valence-electron chi connectivity index (χ2n) is 1.28. The van der Waals surface area contributed by atoms with Crippen molar-refractivity contribution in [1.29, 1.82) is 0 Å². The maximum absolute atomic E-state index is 11.1. The van der Waals surface area contributed by atoms with Gasteiger partial charge < -0.3 is 0 Å². The van der Waals surface area contributed by atoms with Gasteiger partial charge in [0.25, 0.3) is 6.08 Å². The minimum atomic E-state index is -1.69. The Kier molecular flexibility index (Phi) is 2.27. The third-order valence-electron chi connectivity index (χ3n) is 0.356. The summed E-state index contributed by atoms with van der Waals surface area (Å²) in [5.74, 6) is 0. The van der Waals surface area contributed by atoms with Gasteiger partial charge in [0.1, 0.15) is 0 Å². The van der Waals surface area contributed by atoms with Crippen LogP contribution < -0.4 is 0 Å². The maximum Gasteiger partial charge on any atom is 0.270 e. The molecule has 7 heavy (non-hydrogen) atoms. The highest BCUT2D eigenvalue weighted by molar-refractivity contribution is 5.10. The Balaban J connectivity index is 3.68. The van der Waals surface area contributed by atoms with Crippen molar-refractivity contribution < 1.29 is 8.78 Å². The zero-order valence-corrected chi connectivity index (χ0v) is 4.04. The third kappa shape index (κ3) is 5.34. The van der Waals surface area contributed by atoms with Gasteiger partial charge in [-0.3, -0.25) is 0 Å². The zero-order valence-electron chi connectivity index (χ0n) is 4.04. The topological polar surface area (TPSA) is 0 Å². The molecular formula is C5H6F2. The van der Waals surface area contributed by atoms with Gasteiger partial charge in [-0.25, -0.2) is 0 Å². The van der Waals surface area contributed by atoms with Crippen molar-refractivity contribution in [2.75, 3.05) is 0 Å². The van der Waals surface area contributed by atoms with Crippen molar-refractivity contribution in [1.82, 2.24) is 0 Å².